The average Bonchev–Trinajstić information content (AvgIpc) is 2.77. The molecule has 0 aromatic heterocycles. The van der Waals surface area contributed by atoms with Crippen molar-refractivity contribution in [1.29, 1.82) is 0 Å². The van der Waals surface area contributed by atoms with E-state index in [2.05, 4.69) is 29.6 Å². The lowest BCUT2D eigenvalue weighted by atomic mass is 9.80. The summed E-state index contributed by atoms with van der Waals surface area (Å²) in [5.74, 6) is 0.0781. The van der Waals surface area contributed by atoms with Gasteiger partial charge in [0.05, 0.1) is 5.92 Å². The van der Waals surface area contributed by atoms with Gasteiger partial charge in [0.25, 0.3) is 0 Å². The predicted molar refractivity (Wildman–Crippen MR) is 111 cm³/mol. The summed E-state index contributed by atoms with van der Waals surface area (Å²) in [4.78, 5) is 23.3. The molecule has 0 saturated heterocycles. The first-order valence-corrected chi connectivity index (χ1v) is 10.9. The van der Waals surface area contributed by atoms with Crippen LogP contribution in [0, 0.1) is 36.6 Å². The molecular weight excluding hydrogens is 384 g/mol. The SMILES string of the molecule is C#COC1CCC(OC(=O)C2CCC(CCCCOC#COC(=O)C=C)CC2)CC1. The van der Waals surface area contributed by atoms with Crippen LogP contribution in [0.15, 0.2) is 12.7 Å². The molecule has 30 heavy (non-hydrogen) atoms. The maximum atomic E-state index is 12.5. The Labute approximate surface area is 179 Å². The van der Waals surface area contributed by atoms with Gasteiger partial charge in [-0.15, -0.1) is 0 Å². The van der Waals surface area contributed by atoms with Gasteiger partial charge in [0.1, 0.15) is 24.9 Å². The zero-order chi connectivity index (χ0) is 21.6. The Kier molecular flexibility index (Phi) is 10.7. The molecule has 0 N–H and O–H groups in total. The molecule has 164 valence electrons. The number of hydrogen-bond acceptors (Lipinski definition) is 6. The fraction of sp³-hybridized carbons (Fsp3) is 0.667. The Hall–Kier alpha value is -2.60. The van der Waals surface area contributed by atoms with Crippen molar-refractivity contribution < 1.29 is 28.5 Å². The Bertz CT molecular complexity index is 651. The second kappa shape index (κ2) is 13.6. The number of unbranched alkanes of at least 4 members (excludes halogenated alkanes) is 1. The van der Waals surface area contributed by atoms with Gasteiger partial charge in [-0.05, 0) is 70.1 Å². The van der Waals surface area contributed by atoms with Crippen molar-refractivity contribution in [2.24, 2.45) is 11.8 Å². The maximum Gasteiger partial charge on any atom is 0.344 e. The average molecular weight is 417 g/mol. The fourth-order valence-electron chi connectivity index (χ4n) is 4.11. The van der Waals surface area contributed by atoms with Crippen LogP contribution in [0.5, 0.6) is 0 Å². The maximum absolute atomic E-state index is 12.5. The molecule has 0 heterocycles. The number of carbonyl (C=O) groups excluding carboxylic acids is 2. The standard InChI is InChI=1S/C24H32O6/c1-3-23(25)29-18-17-27-16-6-5-7-19-8-10-20(11-9-19)24(26)30-22-14-12-21(13-15-22)28-4-2/h2-3,19-22H,1,5-16H2. The molecule has 0 amide bonds. The van der Waals surface area contributed by atoms with Crippen LogP contribution in [0.2, 0.25) is 0 Å². The van der Waals surface area contributed by atoms with E-state index in [1.807, 2.05) is 0 Å². The van der Waals surface area contributed by atoms with Crippen LogP contribution in [0.1, 0.15) is 70.6 Å². The van der Waals surface area contributed by atoms with E-state index in [1.54, 1.807) is 0 Å². The van der Waals surface area contributed by atoms with E-state index in [4.69, 9.17) is 20.6 Å². The van der Waals surface area contributed by atoms with E-state index in [-0.39, 0.29) is 24.1 Å². The third kappa shape index (κ3) is 8.82. The van der Waals surface area contributed by atoms with Crippen molar-refractivity contribution in [2.75, 3.05) is 6.61 Å². The molecule has 0 spiro atoms. The van der Waals surface area contributed by atoms with E-state index in [9.17, 15) is 9.59 Å². The zero-order valence-corrected chi connectivity index (χ0v) is 17.6. The van der Waals surface area contributed by atoms with Crippen LogP contribution in [0.4, 0.5) is 0 Å². The minimum atomic E-state index is -0.590. The van der Waals surface area contributed by atoms with Crippen LogP contribution < -0.4 is 0 Å². The minimum absolute atomic E-state index is 0.0104. The summed E-state index contributed by atoms with van der Waals surface area (Å²) in [7, 11) is 0. The Morgan fingerprint density at radius 2 is 1.67 bits per heavy atom. The topological polar surface area (TPSA) is 71.1 Å². The molecule has 0 aliphatic heterocycles. The first-order valence-electron chi connectivity index (χ1n) is 10.9. The highest BCUT2D eigenvalue weighted by atomic mass is 16.5. The van der Waals surface area contributed by atoms with Crippen LogP contribution in [-0.2, 0) is 28.5 Å². The van der Waals surface area contributed by atoms with Crippen molar-refractivity contribution in [3.05, 3.63) is 12.7 Å². The summed E-state index contributed by atoms with van der Waals surface area (Å²) in [5, 5.41) is 0. The van der Waals surface area contributed by atoms with E-state index < -0.39 is 5.97 Å². The van der Waals surface area contributed by atoms with E-state index in [1.165, 1.54) is 0 Å². The Balaban J connectivity index is 1.51. The second-order valence-electron chi connectivity index (χ2n) is 7.96. The third-order valence-electron chi connectivity index (χ3n) is 5.86. The summed E-state index contributed by atoms with van der Waals surface area (Å²) in [6.07, 6.45) is 23.5. The van der Waals surface area contributed by atoms with Gasteiger partial charge in [-0.3, -0.25) is 4.79 Å². The summed E-state index contributed by atoms with van der Waals surface area (Å²) in [6, 6.07) is 0. The first kappa shape index (κ1) is 23.7. The fourth-order valence-corrected chi connectivity index (χ4v) is 4.11. The minimum Gasteiger partial charge on any atom is -0.462 e. The molecule has 0 atom stereocenters. The molecule has 0 unspecified atom stereocenters. The molecule has 0 radical (unpaired) electrons. The van der Waals surface area contributed by atoms with Gasteiger partial charge >= 0.3 is 11.9 Å². The number of hydrogen-bond donors (Lipinski definition) is 0. The summed E-state index contributed by atoms with van der Waals surface area (Å²) in [6.45, 7) is 3.78. The van der Waals surface area contributed by atoms with Crippen LogP contribution in [-0.4, -0.2) is 30.8 Å². The monoisotopic (exact) mass is 416 g/mol. The molecule has 2 rings (SSSR count). The number of terminal acetylenes is 1. The van der Waals surface area contributed by atoms with Crippen LogP contribution in [0.3, 0.4) is 0 Å². The first-order chi connectivity index (χ1) is 14.6. The van der Waals surface area contributed by atoms with E-state index in [0.29, 0.717) is 12.5 Å². The van der Waals surface area contributed by atoms with Crippen molar-refractivity contribution in [3.8, 4) is 24.7 Å². The molecule has 2 fully saturated rings. The van der Waals surface area contributed by atoms with Crippen molar-refractivity contribution in [2.45, 2.75) is 82.8 Å². The smallest absolute Gasteiger partial charge is 0.344 e. The van der Waals surface area contributed by atoms with Crippen molar-refractivity contribution in [3.63, 3.8) is 0 Å². The summed E-state index contributed by atoms with van der Waals surface area (Å²) < 4.78 is 20.5. The largest absolute Gasteiger partial charge is 0.462 e. The Morgan fingerprint density at radius 3 is 2.33 bits per heavy atom. The van der Waals surface area contributed by atoms with Crippen LogP contribution >= 0.6 is 0 Å². The Morgan fingerprint density at radius 1 is 0.967 bits per heavy atom. The molecule has 2 aliphatic carbocycles. The van der Waals surface area contributed by atoms with E-state index in [0.717, 1.165) is 76.7 Å². The zero-order valence-electron chi connectivity index (χ0n) is 17.6. The second-order valence-corrected chi connectivity index (χ2v) is 7.96. The molecule has 2 aliphatic rings. The lowest BCUT2D eigenvalue weighted by molar-refractivity contribution is -0.158. The molecule has 0 aromatic rings. The highest BCUT2D eigenvalue weighted by molar-refractivity contribution is 5.82. The van der Waals surface area contributed by atoms with Gasteiger partial charge in [-0.25, -0.2) is 4.79 Å². The van der Waals surface area contributed by atoms with Gasteiger partial charge in [-0.1, -0.05) is 19.4 Å². The van der Waals surface area contributed by atoms with Gasteiger partial charge in [0.2, 0.25) is 0 Å². The highest BCUT2D eigenvalue weighted by Crippen LogP contribution is 2.33. The highest BCUT2D eigenvalue weighted by Gasteiger charge is 2.30. The van der Waals surface area contributed by atoms with Gasteiger partial charge in [0.15, 0.2) is 12.2 Å². The lowest BCUT2D eigenvalue weighted by Gasteiger charge is -2.31. The van der Waals surface area contributed by atoms with E-state index >= 15 is 0 Å². The molecular formula is C24H32O6. The van der Waals surface area contributed by atoms with Crippen LogP contribution in [0.25, 0.3) is 0 Å². The third-order valence-corrected chi connectivity index (χ3v) is 5.86. The van der Waals surface area contributed by atoms with Crippen molar-refractivity contribution >= 4 is 11.9 Å². The number of esters is 2. The summed E-state index contributed by atoms with van der Waals surface area (Å²) in [5.41, 5.74) is 0. The molecule has 6 heteroatoms. The quantitative estimate of drug-likeness (QED) is 0.244. The van der Waals surface area contributed by atoms with Crippen molar-refractivity contribution in [1.82, 2.24) is 0 Å². The van der Waals surface area contributed by atoms with Gasteiger partial charge in [-0.2, -0.15) is 0 Å². The van der Waals surface area contributed by atoms with Gasteiger partial charge in [0, 0.05) is 6.08 Å². The lowest BCUT2D eigenvalue weighted by Crippen LogP contribution is -2.31. The molecule has 0 bridgehead atoms. The number of carbonyl (C=O) groups is 2. The molecule has 6 nitrogen and oxygen atoms in total. The normalized spacial score (nSPS) is 25.6. The van der Waals surface area contributed by atoms with Gasteiger partial charge < -0.3 is 18.9 Å². The molecule has 2 saturated carbocycles. The number of ether oxygens (including phenoxy) is 4. The summed E-state index contributed by atoms with van der Waals surface area (Å²) >= 11 is 0. The molecule has 0 aromatic carbocycles. The predicted octanol–water partition coefficient (Wildman–Crippen LogP) is 4.09. The number of rotatable bonds is 9.